The van der Waals surface area contributed by atoms with Crippen LogP contribution < -0.4 is 0 Å². The lowest BCUT2D eigenvalue weighted by Crippen LogP contribution is -2.10. The minimum Gasteiger partial charge on any atom is -0.463 e. The molecule has 0 unspecified atom stereocenters. The van der Waals surface area contributed by atoms with Crippen molar-refractivity contribution in [3.63, 3.8) is 0 Å². The van der Waals surface area contributed by atoms with Crippen molar-refractivity contribution in [3.8, 4) is 0 Å². The predicted octanol–water partition coefficient (Wildman–Crippen LogP) is 1.27. The van der Waals surface area contributed by atoms with E-state index in [1.165, 1.54) is 0 Å². The first-order valence-electron chi connectivity index (χ1n) is 3.74. The summed E-state index contributed by atoms with van der Waals surface area (Å²) in [5.41, 5.74) is 2.00. The van der Waals surface area contributed by atoms with Gasteiger partial charge in [0.05, 0.1) is 0 Å². The van der Waals surface area contributed by atoms with Gasteiger partial charge in [-0.1, -0.05) is 17.3 Å². The summed E-state index contributed by atoms with van der Waals surface area (Å²) in [4.78, 5) is 10.7. The highest BCUT2D eigenvalue weighted by Gasteiger charge is 2.11. The van der Waals surface area contributed by atoms with Crippen LogP contribution in [0.2, 0.25) is 0 Å². The molecule has 0 amide bonds. The molecule has 66 valence electrons. The Bertz CT molecular complexity index is 475. The smallest absolute Gasteiger partial charge is 0.434 e. The number of fused-ring (bicyclic) bond motifs is 1. The maximum Gasteiger partial charge on any atom is 0.434 e. The van der Waals surface area contributed by atoms with E-state index in [4.69, 9.17) is 5.11 Å². The van der Waals surface area contributed by atoms with Crippen LogP contribution in [0, 0.1) is 6.92 Å². The maximum atomic E-state index is 10.7. The number of carboxylic acid groups (broad SMARTS) is 1. The van der Waals surface area contributed by atoms with Crippen molar-refractivity contribution in [2.45, 2.75) is 6.92 Å². The van der Waals surface area contributed by atoms with Crippen LogP contribution in [-0.4, -0.2) is 26.2 Å². The van der Waals surface area contributed by atoms with Crippen LogP contribution in [-0.2, 0) is 0 Å². The van der Waals surface area contributed by atoms with Gasteiger partial charge in [0, 0.05) is 0 Å². The van der Waals surface area contributed by atoms with Gasteiger partial charge in [0.15, 0.2) is 0 Å². The Morgan fingerprint density at radius 3 is 3.00 bits per heavy atom. The Kier molecular flexibility index (Phi) is 1.51. The maximum absolute atomic E-state index is 10.7. The Morgan fingerprint density at radius 2 is 2.31 bits per heavy atom. The number of hydrogen-bond donors (Lipinski definition) is 1. The Morgan fingerprint density at radius 1 is 1.54 bits per heavy atom. The van der Waals surface area contributed by atoms with E-state index < -0.39 is 6.09 Å². The largest absolute Gasteiger partial charge is 0.463 e. The van der Waals surface area contributed by atoms with Gasteiger partial charge in [-0.25, -0.2) is 4.79 Å². The van der Waals surface area contributed by atoms with E-state index >= 15 is 0 Å². The number of nitrogens with zero attached hydrogens (tertiary/aromatic N) is 3. The van der Waals surface area contributed by atoms with Crippen LogP contribution in [0.25, 0.3) is 11.0 Å². The second kappa shape index (κ2) is 2.55. The summed E-state index contributed by atoms with van der Waals surface area (Å²) in [5.74, 6) is 0. The topological polar surface area (TPSA) is 68.0 Å². The molecule has 13 heavy (non-hydrogen) atoms. The first kappa shape index (κ1) is 7.72. The van der Waals surface area contributed by atoms with Crippen molar-refractivity contribution in [2.24, 2.45) is 0 Å². The van der Waals surface area contributed by atoms with Gasteiger partial charge >= 0.3 is 6.09 Å². The van der Waals surface area contributed by atoms with Crippen LogP contribution in [0.5, 0.6) is 0 Å². The summed E-state index contributed by atoms with van der Waals surface area (Å²) >= 11 is 0. The van der Waals surface area contributed by atoms with E-state index in [2.05, 4.69) is 10.3 Å². The number of carbonyl (C=O) groups is 1. The summed E-state index contributed by atoms with van der Waals surface area (Å²) in [5, 5.41) is 16.0. The van der Waals surface area contributed by atoms with Gasteiger partial charge < -0.3 is 5.11 Å². The van der Waals surface area contributed by atoms with Crippen molar-refractivity contribution in [1.29, 1.82) is 0 Å². The molecular formula is C8H7N3O2. The van der Waals surface area contributed by atoms with Crippen molar-refractivity contribution >= 4 is 17.1 Å². The van der Waals surface area contributed by atoms with Crippen LogP contribution >= 0.6 is 0 Å². The van der Waals surface area contributed by atoms with E-state index in [1.54, 1.807) is 6.07 Å². The highest BCUT2D eigenvalue weighted by atomic mass is 16.4. The summed E-state index contributed by atoms with van der Waals surface area (Å²) in [6.07, 6.45) is -1.11. The second-order valence-corrected chi connectivity index (χ2v) is 2.73. The number of hydrogen-bond acceptors (Lipinski definition) is 3. The first-order valence-corrected chi connectivity index (χ1v) is 3.74. The molecular weight excluding hydrogens is 170 g/mol. The quantitative estimate of drug-likeness (QED) is 0.657. The molecule has 0 fully saturated rings. The number of aryl methyl sites for hydroxylation is 1. The fourth-order valence-corrected chi connectivity index (χ4v) is 1.27. The number of benzene rings is 1. The molecule has 5 heteroatoms. The molecule has 0 saturated carbocycles. The van der Waals surface area contributed by atoms with Crippen LogP contribution in [0.15, 0.2) is 18.2 Å². The number of aromatic nitrogens is 3. The standard InChI is InChI=1S/C8H7N3O2/c1-5-3-2-4-6-7(5)11(8(12)13)10-9-6/h2-4H,1H3,(H,12,13). The molecule has 0 aliphatic rings. The average molecular weight is 177 g/mol. The normalized spacial score (nSPS) is 10.5. The summed E-state index contributed by atoms with van der Waals surface area (Å²) in [6.45, 7) is 1.82. The zero-order valence-corrected chi connectivity index (χ0v) is 6.93. The third kappa shape index (κ3) is 1.05. The van der Waals surface area contributed by atoms with Crippen LogP contribution in [0.1, 0.15) is 5.56 Å². The minimum absolute atomic E-state index is 0.551. The SMILES string of the molecule is Cc1cccc2nnn(C(=O)O)c12. The zero-order valence-electron chi connectivity index (χ0n) is 6.93. The molecule has 1 N–H and O–H groups in total. The molecule has 0 spiro atoms. The molecule has 0 radical (unpaired) electrons. The zero-order chi connectivity index (χ0) is 9.42. The molecule has 2 aromatic rings. The van der Waals surface area contributed by atoms with Gasteiger partial charge in [0.25, 0.3) is 0 Å². The van der Waals surface area contributed by atoms with Crippen molar-refractivity contribution in [3.05, 3.63) is 23.8 Å². The molecule has 5 nitrogen and oxygen atoms in total. The van der Waals surface area contributed by atoms with Gasteiger partial charge in [-0.2, -0.15) is 0 Å². The molecule has 1 aromatic heterocycles. The molecule has 2 rings (SSSR count). The second-order valence-electron chi connectivity index (χ2n) is 2.73. The minimum atomic E-state index is -1.11. The fraction of sp³-hybridized carbons (Fsp3) is 0.125. The average Bonchev–Trinajstić information content (AvgIpc) is 2.49. The van der Waals surface area contributed by atoms with Gasteiger partial charge in [0.2, 0.25) is 0 Å². The van der Waals surface area contributed by atoms with E-state index in [0.717, 1.165) is 10.2 Å². The van der Waals surface area contributed by atoms with Crippen molar-refractivity contribution in [1.82, 2.24) is 15.0 Å². The number of para-hydroxylation sites is 1. The van der Waals surface area contributed by atoms with Gasteiger partial charge in [0.1, 0.15) is 11.0 Å². The molecule has 1 heterocycles. The molecule has 0 aliphatic heterocycles. The molecule has 0 atom stereocenters. The first-order chi connectivity index (χ1) is 6.20. The van der Waals surface area contributed by atoms with Gasteiger partial charge in [-0.05, 0) is 18.6 Å². The Hall–Kier alpha value is -1.91. The van der Waals surface area contributed by atoms with E-state index in [0.29, 0.717) is 11.0 Å². The predicted molar refractivity (Wildman–Crippen MR) is 45.7 cm³/mol. The van der Waals surface area contributed by atoms with E-state index in [9.17, 15) is 4.79 Å². The molecule has 0 aliphatic carbocycles. The summed E-state index contributed by atoms with van der Waals surface area (Å²) in [6, 6.07) is 5.37. The third-order valence-corrected chi connectivity index (χ3v) is 1.85. The highest BCUT2D eigenvalue weighted by Crippen LogP contribution is 2.14. The van der Waals surface area contributed by atoms with E-state index in [1.807, 2.05) is 19.1 Å². The molecule has 0 saturated heterocycles. The lowest BCUT2D eigenvalue weighted by Gasteiger charge is -1.96. The fourth-order valence-electron chi connectivity index (χ4n) is 1.27. The van der Waals surface area contributed by atoms with Crippen molar-refractivity contribution in [2.75, 3.05) is 0 Å². The van der Waals surface area contributed by atoms with Crippen LogP contribution in [0.3, 0.4) is 0 Å². The third-order valence-electron chi connectivity index (χ3n) is 1.85. The monoisotopic (exact) mass is 177 g/mol. The lowest BCUT2D eigenvalue weighted by atomic mass is 10.2. The number of rotatable bonds is 0. The Balaban J connectivity index is 2.86. The summed E-state index contributed by atoms with van der Waals surface area (Å²) < 4.78 is 0.880. The Labute approximate surface area is 73.6 Å². The van der Waals surface area contributed by atoms with Crippen molar-refractivity contribution < 1.29 is 9.90 Å². The van der Waals surface area contributed by atoms with Gasteiger partial charge in [-0.3, -0.25) is 0 Å². The van der Waals surface area contributed by atoms with E-state index in [-0.39, 0.29) is 0 Å². The van der Waals surface area contributed by atoms with Crippen LogP contribution in [0.4, 0.5) is 4.79 Å². The summed E-state index contributed by atoms with van der Waals surface area (Å²) in [7, 11) is 0. The van der Waals surface area contributed by atoms with Gasteiger partial charge in [-0.15, -0.1) is 9.78 Å². The molecule has 0 bridgehead atoms. The lowest BCUT2D eigenvalue weighted by molar-refractivity contribution is 0.193. The molecule has 1 aromatic carbocycles. The highest BCUT2D eigenvalue weighted by molar-refractivity contribution is 5.86.